The Balaban J connectivity index is 1.93. The highest BCUT2D eigenvalue weighted by molar-refractivity contribution is 14.1. The summed E-state index contributed by atoms with van der Waals surface area (Å²) in [5.74, 6) is -0.511. The standard InChI is InChI=1S/C16H14IN3O3/c1-10(21)11-5-4-6-12(9-11)18-16(23)20-19-15(22)13-7-2-3-8-14(13)17/h2-9H,1H3,(H,19,22)(H2,18,20,23). The number of benzene rings is 2. The van der Waals surface area contributed by atoms with Crippen molar-refractivity contribution in [1.82, 2.24) is 10.9 Å². The van der Waals surface area contributed by atoms with Gasteiger partial charge < -0.3 is 5.32 Å². The average Bonchev–Trinajstić information content (AvgIpc) is 2.53. The van der Waals surface area contributed by atoms with Gasteiger partial charge in [0.25, 0.3) is 5.91 Å². The minimum atomic E-state index is -0.606. The van der Waals surface area contributed by atoms with Crippen molar-refractivity contribution < 1.29 is 14.4 Å². The quantitative estimate of drug-likeness (QED) is 0.403. The maximum Gasteiger partial charge on any atom is 0.337 e. The van der Waals surface area contributed by atoms with Crippen LogP contribution in [0.25, 0.3) is 0 Å². The van der Waals surface area contributed by atoms with E-state index in [0.717, 1.165) is 3.57 Å². The molecule has 0 aliphatic carbocycles. The van der Waals surface area contributed by atoms with Crippen LogP contribution in [0.15, 0.2) is 48.5 Å². The van der Waals surface area contributed by atoms with Crippen LogP contribution in [0.5, 0.6) is 0 Å². The van der Waals surface area contributed by atoms with Crippen LogP contribution in [-0.4, -0.2) is 17.7 Å². The van der Waals surface area contributed by atoms with Gasteiger partial charge in [-0.1, -0.05) is 24.3 Å². The highest BCUT2D eigenvalue weighted by atomic mass is 127. The lowest BCUT2D eigenvalue weighted by Gasteiger charge is -2.10. The van der Waals surface area contributed by atoms with Crippen molar-refractivity contribution in [2.24, 2.45) is 0 Å². The van der Waals surface area contributed by atoms with Crippen LogP contribution in [0, 0.1) is 3.57 Å². The van der Waals surface area contributed by atoms with Crippen LogP contribution in [0.4, 0.5) is 10.5 Å². The number of rotatable bonds is 3. The van der Waals surface area contributed by atoms with E-state index in [1.807, 2.05) is 28.7 Å². The van der Waals surface area contributed by atoms with E-state index in [9.17, 15) is 14.4 Å². The summed E-state index contributed by atoms with van der Waals surface area (Å²) in [5, 5.41) is 2.54. The number of hydrogen-bond acceptors (Lipinski definition) is 3. The molecule has 2 aromatic rings. The van der Waals surface area contributed by atoms with Crippen LogP contribution < -0.4 is 16.2 Å². The van der Waals surface area contributed by atoms with E-state index < -0.39 is 11.9 Å². The second-order valence-electron chi connectivity index (χ2n) is 4.65. The number of Topliss-reactive ketones (excluding diaryl/α,β-unsaturated/α-hetero) is 1. The first-order valence-corrected chi connectivity index (χ1v) is 7.78. The first-order valence-electron chi connectivity index (χ1n) is 6.70. The largest absolute Gasteiger partial charge is 0.337 e. The first-order chi connectivity index (χ1) is 11.0. The summed E-state index contributed by atoms with van der Waals surface area (Å²) in [6.07, 6.45) is 0. The van der Waals surface area contributed by atoms with Crippen molar-refractivity contribution in [1.29, 1.82) is 0 Å². The second-order valence-corrected chi connectivity index (χ2v) is 5.81. The summed E-state index contributed by atoms with van der Waals surface area (Å²) in [4.78, 5) is 35.1. The lowest BCUT2D eigenvalue weighted by molar-refractivity contribution is 0.0936. The summed E-state index contributed by atoms with van der Waals surface area (Å²) in [7, 11) is 0. The molecule has 0 aromatic heterocycles. The summed E-state index contributed by atoms with van der Waals surface area (Å²) < 4.78 is 0.777. The van der Waals surface area contributed by atoms with Crippen LogP contribution in [0.3, 0.4) is 0 Å². The molecule has 0 heterocycles. The summed E-state index contributed by atoms with van der Waals surface area (Å²) in [6, 6.07) is 12.9. The van der Waals surface area contributed by atoms with E-state index in [1.54, 1.807) is 42.5 Å². The number of hydrogen-bond donors (Lipinski definition) is 3. The molecule has 7 heteroatoms. The zero-order chi connectivity index (χ0) is 16.8. The zero-order valence-corrected chi connectivity index (χ0v) is 14.4. The molecular weight excluding hydrogens is 409 g/mol. The molecule has 0 radical (unpaired) electrons. The molecule has 23 heavy (non-hydrogen) atoms. The van der Waals surface area contributed by atoms with Gasteiger partial charge in [0.1, 0.15) is 0 Å². The molecular formula is C16H14IN3O3. The normalized spacial score (nSPS) is 9.83. The fourth-order valence-electron chi connectivity index (χ4n) is 1.80. The van der Waals surface area contributed by atoms with E-state index in [4.69, 9.17) is 0 Å². The number of nitrogens with one attached hydrogen (secondary N) is 3. The molecule has 0 atom stereocenters. The van der Waals surface area contributed by atoms with Gasteiger partial charge in [-0.2, -0.15) is 0 Å². The average molecular weight is 423 g/mol. The van der Waals surface area contributed by atoms with Gasteiger partial charge in [-0.25, -0.2) is 10.2 Å². The van der Waals surface area contributed by atoms with Gasteiger partial charge >= 0.3 is 6.03 Å². The Morgan fingerprint density at radius 1 is 0.957 bits per heavy atom. The molecule has 0 aliphatic heterocycles. The predicted molar refractivity (Wildman–Crippen MR) is 95.2 cm³/mol. The lowest BCUT2D eigenvalue weighted by atomic mass is 10.1. The van der Waals surface area contributed by atoms with Gasteiger partial charge in [0.2, 0.25) is 0 Å². The number of carbonyl (C=O) groups is 3. The molecule has 6 nitrogen and oxygen atoms in total. The Labute approximate surface area is 146 Å². The zero-order valence-electron chi connectivity index (χ0n) is 12.2. The van der Waals surface area contributed by atoms with Gasteiger partial charge in [-0.3, -0.25) is 15.0 Å². The summed E-state index contributed by atoms with van der Waals surface area (Å²) >= 11 is 2.04. The van der Waals surface area contributed by atoms with E-state index in [1.165, 1.54) is 6.92 Å². The van der Waals surface area contributed by atoms with Gasteiger partial charge in [-0.15, -0.1) is 0 Å². The van der Waals surface area contributed by atoms with Gasteiger partial charge in [-0.05, 0) is 53.8 Å². The maximum absolute atomic E-state index is 12.0. The van der Waals surface area contributed by atoms with Crippen LogP contribution in [0.1, 0.15) is 27.6 Å². The van der Waals surface area contributed by atoms with Crippen molar-refractivity contribution in [2.45, 2.75) is 6.92 Å². The third kappa shape index (κ3) is 4.78. The highest BCUT2D eigenvalue weighted by Crippen LogP contribution is 2.12. The minimum Gasteiger partial charge on any atom is -0.307 e. The van der Waals surface area contributed by atoms with Crippen molar-refractivity contribution in [3.63, 3.8) is 0 Å². The molecule has 0 unspecified atom stereocenters. The number of hydrazine groups is 1. The Kier molecular flexibility index (Phi) is 5.69. The van der Waals surface area contributed by atoms with E-state index in [2.05, 4.69) is 16.2 Å². The third-order valence-corrected chi connectivity index (χ3v) is 3.88. The molecule has 0 saturated heterocycles. The smallest absolute Gasteiger partial charge is 0.307 e. The van der Waals surface area contributed by atoms with E-state index in [-0.39, 0.29) is 5.78 Å². The highest BCUT2D eigenvalue weighted by Gasteiger charge is 2.10. The van der Waals surface area contributed by atoms with Crippen molar-refractivity contribution in [3.8, 4) is 0 Å². The Morgan fingerprint density at radius 2 is 1.70 bits per heavy atom. The monoisotopic (exact) mass is 423 g/mol. The molecule has 0 spiro atoms. The molecule has 118 valence electrons. The number of ketones is 1. The summed E-state index contributed by atoms with van der Waals surface area (Å²) in [6.45, 7) is 1.45. The lowest BCUT2D eigenvalue weighted by Crippen LogP contribution is -2.44. The van der Waals surface area contributed by atoms with Gasteiger partial charge in [0.05, 0.1) is 5.56 Å². The van der Waals surface area contributed by atoms with Crippen LogP contribution >= 0.6 is 22.6 Å². The molecule has 3 amide bonds. The van der Waals surface area contributed by atoms with Gasteiger partial charge in [0.15, 0.2) is 5.78 Å². The van der Waals surface area contributed by atoms with Crippen LogP contribution in [0.2, 0.25) is 0 Å². The van der Waals surface area contributed by atoms with Crippen LogP contribution in [-0.2, 0) is 0 Å². The summed E-state index contributed by atoms with van der Waals surface area (Å²) in [5.41, 5.74) is 6.01. The Bertz CT molecular complexity index is 762. The van der Waals surface area contributed by atoms with Crippen molar-refractivity contribution in [2.75, 3.05) is 5.32 Å². The molecule has 0 aliphatic rings. The third-order valence-electron chi connectivity index (χ3n) is 2.94. The second kappa shape index (κ2) is 7.73. The molecule has 0 bridgehead atoms. The van der Waals surface area contributed by atoms with E-state index in [0.29, 0.717) is 16.8 Å². The van der Waals surface area contributed by atoms with E-state index >= 15 is 0 Å². The maximum atomic E-state index is 12.0. The first kappa shape index (κ1) is 16.9. The van der Waals surface area contributed by atoms with Crippen molar-refractivity contribution >= 4 is 46.0 Å². The molecule has 2 rings (SSSR count). The topological polar surface area (TPSA) is 87.3 Å². The number of amides is 3. The SMILES string of the molecule is CC(=O)c1cccc(NC(=O)NNC(=O)c2ccccc2I)c1. The number of urea groups is 1. The van der Waals surface area contributed by atoms with Crippen molar-refractivity contribution in [3.05, 3.63) is 63.2 Å². The molecule has 0 fully saturated rings. The number of carbonyl (C=O) groups excluding carboxylic acids is 3. The molecule has 2 aromatic carbocycles. The minimum absolute atomic E-state index is 0.0963. The Hall–Kier alpha value is -2.42. The predicted octanol–water partition coefficient (Wildman–Crippen LogP) is 2.96. The Morgan fingerprint density at radius 3 is 2.39 bits per heavy atom. The fraction of sp³-hybridized carbons (Fsp3) is 0.0625. The van der Waals surface area contributed by atoms with Gasteiger partial charge in [0, 0.05) is 14.8 Å². The fourth-order valence-corrected chi connectivity index (χ4v) is 2.44. The number of halogens is 1. The molecule has 3 N–H and O–H groups in total. The number of anilines is 1. The molecule has 0 saturated carbocycles.